The van der Waals surface area contributed by atoms with Crippen molar-refractivity contribution in [2.24, 2.45) is 0 Å². The van der Waals surface area contributed by atoms with Crippen LogP contribution in [0.5, 0.6) is 0 Å². The smallest absolute Gasteiger partial charge is 0.263 e. The Balaban J connectivity index is 1.43. The largest absolute Gasteiger partial charge is 0.326 e. The van der Waals surface area contributed by atoms with Crippen molar-refractivity contribution in [1.82, 2.24) is 9.55 Å². The Morgan fingerprint density at radius 1 is 1.15 bits per heavy atom. The van der Waals surface area contributed by atoms with Crippen LogP contribution in [0.1, 0.15) is 22.3 Å². The predicted molar refractivity (Wildman–Crippen MR) is 138 cm³/mol. The number of anilines is 1. The summed E-state index contributed by atoms with van der Waals surface area (Å²) in [5, 5.41) is 3.90. The van der Waals surface area contributed by atoms with E-state index in [9.17, 15) is 14.4 Å². The number of amides is 1. The lowest BCUT2D eigenvalue weighted by atomic mass is 9.99. The Morgan fingerprint density at radius 2 is 1.97 bits per heavy atom. The number of rotatable bonds is 7. The number of thiophene rings is 1. The average Bonchev–Trinajstić information content (AvgIpc) is 3.29. The van der Waals surface area contributed by atoms with Gasteiger partial charge >= 0.3 is 0 Å². The van der Waals surface area contributed by atoms with E-state index >= 15 is 0 Å². The molecular formula is C26H21N3O3S2. The molecule has 170 valence electrons. The molecule has 2 aromatic heterocycles. The van der Waals surface area contributed by atoms with Crippen molar-refractivity contribution in [2.45, 2.75) is 24.5 Å². The molecular weight excluding hydrogens is 466 g/mol. The number of nitrogens with one attached hydrogen (secondary N) is 1. The van der Waals surface area contributed by atoms with Gasteiger partial charge in [0.25, 0.3) is 5.56 Å². The summed E-state index contributed by atoms with van der Waals surface area (Å²) in [6.45, 7) is 4.08. The number of carbonyl (C=O) groups is 2. The summed E-state index contributed by atoms with van der Waals surface area (Å²) >= 11 is 2.72. The van der Waals surface area contributed by atoms with E-state index in [2.05, 4.69) is 11.9 Å². The van der Waals surface area contributed by atoms with E-state index in [1.165, 1.54) is 23.1 Å². The second-order valence-corrected chi connectivity index (χ2v) is 9.90. The lowest BCUT2D eigenvalue weighted by Crippen LogP contribution is -2.22. The van der Waals surface area contributed by atoms with Crippen molar-refractivity contribution >= 4 is 50.7 Å². The zero-order valence-corrected chi connectivity index (χ0v) is 19.9. The van der Waals surface area contributed by atoms with Gasteiger partial charge in [-0.2, -0.15) is 0 Å². The van der Waals surface area contributed by atoms with Gasteiger partial charge in [-0.3, -0.25) is 19.0 Å². The first kappa shape index (κ1) is 22.3. The molecule has 5 rings (SSSR count). The summed E-state index contributed by atoms with van der Waals surface area (Å²) < 4.78 is 1.57. The molecule has 0 radical (unpaired) electrons. The van der Waals surface area contributed by atoms with Gasteiger partial charge in [0.1, 0.15) is 4.83 Å². The molecule has 3 heterocycles. The van der Waals surface area contributed by atoms with Crippen LogP contribution in [0.25, 0.3) is 20.7 Å². The van der Waals surface area contributed by atoms with Crippen LogP contribution in [-0.4, -0.2) is 27.0 Å². The van der Waals surface area contributed by atoms with Gasteiger partial charge in [0.05, 0.1) is 11.1 Å². The van der Waals surface area contributed by atoms with Crippen molar-refractivity contribution in [3.63, 3.8) is 0 Å². The van der Waals surface area contributed by atoms with Crippen LogP contribution in [0.15, 0.2) is 77.2 Å². The minimum atomic E-state index is -0.136. The first-order valence-electron chi connectivity index (χ1n) is 10.8. The first-order chi connectivity index (χ1) is 16.5. The van der Waals surface area contributed by atoms with E-state index < -0.39 is 0 Å². The van der Waals surface area contributed by atoms with Crippen LogP contribution >= 0.6 is 23.1 Å². The fourth-order valence-electron chi connectivity index (χ4n) is 3.91. The fourth-order valence-corrected chi connectivity index (χ4v) is 5.89. The van der Waals surface area contributed by atoms with Gasteiger partial charge in [0, 0.05) is 29.1 Å². The number of thioether (sulfide) groups is 1. The molecule has 0 spiro atoms. The van der Waals surface area contributed by atoms with Crippen molar-refractivity contribution in [1.29, 1.82) is 0 Å². The maximum absolute atomic E-state index is 13.2. The highest BCUT2D eigenvalue weighted by atomic mass is 32.2. The Bertz CT molecular complexity index is 1490. The quantitative estimate of drug-likeness (QED) is 0.168. The number of benzene rings is 2. The Labute approximate surface area is 204 Å². The van der Waals surface area contributed by atoms with Crippen molar-refractivity contribution < 1.29 is 9.59 Å². The van der Waals surface area contributed by atoms with Gasteiger partial charge in [0.2, 0.25) is 5.91 Å². The fraction of sp³-hybridized carbons (Fsp3) is 0.154. The maximum Gasteiger partial charge on any atom is 0.263 e. The average molecular weight is 488 g/mol. The van der Waals surface area contributed by atoms with Crippen LogP contribution in [0.3, 0.4) is 0 Å². The van der Waals surface area contributed by atoms with Crippen molar-refractivity contribution in [3.05, 3.63) is 88.7 Å². The lowest BCUT2D eigenvalue weighted by molar-refractivity contribution is -0.116. The number of aryl methyl sites for hydroxylation is 1. The van der Waals surface area contributed by atoms with Crippen molar-refractivity contribution in [2.75, 3.05) is 11.1 Å². The van der Waals surface area contributed by atoms with Gasteiger partial charge < -0.3 is 5.32 Å². The number of ketones is 1. The van der Waals surface area contributed by atoms with Crippen LogP contribution < -0.4 is 10.9 Å². The summed E-state index contributed by atoms with van der Waals surface area (Å²) in [5.41, 5.74) is 3.21. The van der Waals surface area contributed by atoms with Crippen LogP contribution in [-0.2, 0) is 17.8 Å². The topological polar surface area (TPSA) is 81.1 Å². The van der Waals surface area contributed by atoms with Gasteiger partial charge in [-0.05, 0) is 41.8 Å². The summed E-state index contributed by atoms with van der Waals surface area (Å²) in [6, 6.07) is 17.1. The molecule has 1 amide bonds. The Kier molecular flexibility index (Phi) is 6.17. The van der Waals surface area contributed by atoms with Crippen LogP contribution in [0.2, 0.25) is 0 Å². The number of hydrogen-bond donors (Lipinski definition) is 1. The third kappa shape index (κ3) is 4.34. The predicted octanol–water partition coefficient (Wildman–Crippen LogP) is 5.17. The summed E-state index contributed by atoms with van der Waals surface area (Å²) in [7, 11) is 0. The number of aromatic nitrogens is 2. The molecule has 2 aromatic carbocycles. The second kappa shape index (κ2) is 9.40. The Hall–Kier alpha value is -3.49. The highest BCUT2D eigenvalue weighted by Gasteiger charge is 2.19. The zero-order valence-electron chi connectivity index (χ0n) is 18.2. The normalized spacial score (nSPS) is 12.9. The number of hydrogen-bond acceptors (Lipinski definition) is 6. The summed E-state index contributed by atoms with van der Waals surface area (Å²) in [6.07, 6.45) is 2.70. The monoisotopic (exact) mass is 487 g/mol. The van der Waals surface area contributed by atoms with Gasteiger partial charge in [-0.1, -0.05) is 48.2 Å². The standard InChI is InChI=1S/C26H21N3O3S2/c1-2-12-29-25(32)19-14-22(16-6-4-3-5-7-16)34-24(19)28-26(29)33-15-21(30)18-8-10-20-17(13-18)9-11-23(31)27-20/h2-8,10,13-14H,1,9,11-12,15H2,(H,27,31). The highest BCUT2D eigenvalue weighted by Crippen LogP contribution is 2.32. The van der Waals surface area contributed by atoms with Gasteiger partial charge in [0.15, 0.2) is 10.9 Å². The molecule has 0 atom stereocenters. The summed E-state index contributed by atoms with van der Waals surface area (Å²) in [4.78, 5) is 44.1. The molecule has 1 aliphatic rings. The number of carbonyl (C=O) groups excluding carboxylic acids is 2. The van der Waals surface area contributed by atoms with E-state index in [1.54, 1.807) is 22.8 Å². The lowest BCUT2D eigenvalue weighted by Gasteiger charge is -2.17. The molecule has 1 aliphatic heterocycles. The molecule has 0 bridgehead atoms. The third-order valence-corrected chi connectivity index (χ3v) is 7.70. The minimum absolute atomic E-state index is 0.00668. The minimum Gasteiger partial charge on any atom is -0.326 e. The van der Waals surface area contributed by atoms with E-state index in [1.807, 2.05) is 42.5 Å². The zero-order chi connectivity index (χ0) is 23.7. The number of nitrogens with zero attached hydrogens (tertiary/aromatic N) is 2. The second-order valence-electron chi connectivity index (χ2n) is 7.93. The number of Topliss-reactive ketones (excluding diaryl/α,β-unsaturated/α-hetero) is 1. The van der Waals surface area contributed by atoms with E-state index in [4.69, 9.17) is 4.98 Å². The van der Waals surface area contributed by atoms with Gasteiger partial charge in [-0.15, -0.1) is 17.9 Å². The van der Waals surface area contributed by atoms with Gasteiger partial charge in [-0.25, -0.2) is 4.98 Å². The van der Waals surface area contributed by atoms with Crippen molar-refractivity contribution in [3.8, 4) is 10.4 Å². The molecule has 4 aromatic rings. The first-order valence-corrected chi connectivity index (χ1v) is 12.6. The van der Waals surface area contributed by atoms with E-state index in [0.29, 0.717) is 40.3 Å². The molecule has 1 N–H and O–H groups in total. The van der Waals surface area contributed by atoms with E-state index in [0.717, 1.165) is 21.7 Å². The molecule has 34 heavy (non-hydrogen) atoms. The molecule has 8 heteroatoms. The number of allylic oxidation sites excluding steroid dienone is 1. The molecule has 0 saturated heterocycles. The van der Waals surface area contributed by atoms with E-state index in [-0.39, 0.29) is 23.0 Å². The maximum atomic E-state index is 13.2. The highest BCUT2D eigenvalue weighted by molar-refractivity contribution is 7.99. The third-order valence-electron chi connectivity index (χ3n) is 5.64. The SMILES string of the molecule is C=CCn1c(SCC(=O)c2ccc3c(c2)CCC(=O)N3)nc2sc(-c3ccccc3)cc2c1=O. The molecule has 0 saturated carbocycles. The molecule has 0 unspecified atom stereocenters. The molecule has 0 fully saturated rings. The number of fused-ring (bicyclic) bond motifs is 2. The van der Waals surface area contributed by atoms with Crippen LogP contribution in [0.4, 0.5) is 5.69 Å². The van der Waals surface area contributed by atoms with Crippen LogP contribution in [0, 0.1) is 0 Å². The molecule has 0 aliphatic carbocycles. The molecule has 6 nitrogen and oxygen atoms in total. The Morgan fingerprint density at radius 3 is 2.76 bits per heavy atom. The summed E-state index contributed by atoms with van der Waals surface area (Å²) in [5.74, 6) is 0.0880.